The van der Waals surface area contributed by atoms with E-state index in [1.807, 2.05) is 36.4 Å². The molecule has 2 aromatic carbocycles. The fourth-order valence-corrected chi connectivity index (χ4v) is 2.09. The number of nitrogens with zero attached hydrogens (tertiary/aromatic N) is 2. The van der Waals surface area contributed by atoms with Crippen LogP contribution in [0.4, 0.5) is 0 Å². The topological polar surface area (TPSA) is 38.9 Å². The molecule has 3 aromatic rings. The van der Waals surface area contributed by atoms with Crippen LogP contribution in [-0.2, 0) is 5.41 Å². The number of rotatable bonds is 2. The van der Waals surface area contributed by atoms with Crippen molar-refractivity contribution in [1.82, 2.24) is 10.2 Å². The van der Waals surface area contributed by atoms with Crippen LogP contribution in [0.5, 0.6) is 0 Å². The van der Waals surface area contributed by atoms with Crippen LogP contribution in [0.25, 0.3) is 22.9 Å². The third-order valence-electron chi connectivity index (χ3n) is 3.36. The molecule has 0 fully saturated rings. The van der Waals surface area contributed by atoms with Gasteiger partial charge in [-0.25, -0.2) is 0 Å². The van der Waals surface area contributed by atoms with Gasteiger partial charge in [-0.2, -0.15) is 0 Å². The lowest BCUT2D eigenvalue weighted by Gasteiger charge is -2.18. The zero-order chi connectivity index (χ0) is 14.9. The van der Waals surface area contributed by atoms with Gasteiger partial charge in [0.2, 0.25) is 11.8 Å². The Balaban J connectivity index is 1.90. The molecule has 0 unspecified atom stereocenters. The van der Waals surface area contributed by atoms with Crippen LogP contribution in [0.1, 0.15) is 26.3 Å². The second-order valence-electron chi connectivity index (χ2n) is 6.02. The Kier molecular flexibility index (Phi) is 3.34. The first kappa shape index (κ1) is 13.6. The highest BCUT2D eigenvalue weighted by atomic mass is 16.4. The van der Waals surface area contributed by atoms with Crippen LogP contribution in [0.3, 0.4) is 0 Å². The molecule has 0 amide bonds. The van der Waals surface area contributed by atoms with Crippen LogP contribution in [0.2, 0.25) is 0 Å². The van der Waals surface area contributed by atoms with Gasteiger partial charge >= 0.3 is 0 Å². The molecule has 3 heteroatoms. The molecule has 0 aliphatic heterocycles. The summed E-state index contributed by atoms with van der Waals surface area (Å²) in [5.41, 5.74) is 3.15. The van der Waals surface area contributed by atoms with Crippen molar-refractivity contribution in [2.45, 2.75) is 26.2 Å². The number of benzene rings is 2. The van der Waals surface area contributed by atoms with Crippen molar-refractivity contribution in [3.63, 3.8) is 0 Å². The van der Waals surface area contributed by atoms with E-state index in [0.717, 1.165) is 11.1 Å². The van der Waals surface area contributed by atoms with Gasteiger partial charge in [0.05, 0.1) is 0 Å². The lowest BCUT2D eigenvalue weighted by atomic mass is 9.87. The van der Waals surface area contributed by atoms with Crippen LogP contribution in [0, 0.1) is 6.07 Å². The Bertz CT molecular complexity index is 722. The summed E-state index contributed by atoms with van der Waals surface area (Å²) in [6.45, 7) is 6.58. The Labute approximate surface area is 124 Å². The third kappa shape index (κ3) is 2.87. The summed E-state index contributed by atoms with van der Waals surface area (Å²) in [4.78, 5) is 0. The summed E-state index contributed by atoms with van der Waals surface area (Å²) in [6, 6.07) is 18.9. The maximum absolute atomic E-state index is 5.73. The molecule has 1 radical (unpaired) electrons. The van der Waals surface area contributed by atoms with E-state index in [-0.39, 0.29) is 5.41 Å². The van der Waals surface area contributed by atoms with Gasteiger partial charge in [-0.15, -0.1) is 10.2 Å². The summed E-state index contributed by atoms with van der Waals surface area (Å²) in [5.74, 6) is 1.02. The van der Waals surface area contributed by atoms with Crippen molar-refractivity contribution in [2.75, 3.05) is 0 Å². The smallest absolute Gasteiger partial charge is 0.248 e. The summed E-state index contributed by atoms with van der Waals surface area (Å²) in [6.07, 6.45) is 0. The Morgan fingerprint density at radius 2 is 1.62 bits per heavy atom. The van der Waals surface area contributed by atoms with Crippen molar-refractivity contribution >= 4 is 0 Å². The maximum Gasteiger partial charge on any atom is 0.248 e. The fraction of sp³-hybridized carbons (Fsp3) is 0.222. The van der Waals surface area contributed by atoms with Gasteiger partial charge < -0.3 is 4.42 Å². The normalized spacial score (nSPS) is 11.6. The number of hydrogen-bond acceptors (Lipinski definition) is 3. The van der Waals surface area contributed by atoms with Crippen LogP contribution < -0.4 is 0 Å². The monoisotopic (exact) mass is 277 g/mol. The van der Waals surface area contributed by atoms with Crippen molar-refractivity contribution in [2.24, 2.45) is 0 Å². The molecule has 0 spiro atoms. The molecular formula is C18H17N2O. The van der Waals surface area contributed by atoms with Crippen molar-refractivity contribution in [1.29, 1.82) is 0 Å². The zero-order valence-electron chi connectivity index (χ0n) is 12.4. The van der Waals surface area contributed by atoms with Crippen LogP contribution in [0.15, 0.2) is 52.9 Å². The second kappa shape index (κ2) is 5.17. The van der Waals surface area contributed by atoms with E-state index in [0.29, 0.717) is 11.8 Å². The van der Waals surface area contributed by atoms with Crippen molar-refractivity contribution in [3.05, 3.63) is 60.2 Å². The maximum atomic E-state index is 5.73. The SMILES string of the molecule is CC(C)(C)c1ccc(-c2nnc(-c3[c]cccc3)o2)cc1. The van der Waals surface area contributed by atoms with Gasteiger partial charge in [0, 0.05) is 11.1 Å². The molecule has 21 heavy (non-hydrogen) atoms. The van der Waals surface area contributed by atoms with E-state index in [9.17, 15) is 0 Å². The molecule has 3 nitrogen and oxygen atoms in total. The largest absolute Gasteiger partial charge is 0.416 e. The molecule has 0 N–H and O–H groups in total. The van der Waals surface area contributed by atoms with Crippen LogP contribution in [-0.4, -0.2) is 10.2 Å². The summed E-state index contributed by atoms with van der Waals surface area (Å²) in [7, 11) is 0. The van der Waals surface area contributed by atoms with Gasteiger partial charge in [-0.3, -0.25) is 0 Å². The van der Waals surface area contributed by atoms with Gasteiger partial charge in [-0.05, 0) is 35.2 Å². The van der Waals surface area contributed by atoms with Gasteiger partial charge in [-0.1, -0.05) is 51.1 Å². The van der Waals surface area contributed by atoms with Crippen LogP contribution >= 0.6 is 0 Å². The van der Waals surface area contributed by atoms with Crippen molar-refractivity contribution < 1.29 is 4.42 Å². The molecule has 0 aliphatic rings. The third-order valence-corrected chi connectivity index (χ3v) is 3.36. The van der Waals surface area contributed by atoms with E-state index in [1.165, 1.54) is 5.56 Å². The fourth-order valence-electron chi connectivity index (χ4n) is 2.09. The minimum atomic E-state index is 0.136. The molecule has 0 bridgehead atoms. The summed E-state index contributed by atoms with van der Waals surface area (Å²) in [5, 5.41) is 8.20. The van der Waals surface area contributed by atoms with E-state index >= 15 is 0 Å². The lowest BCUT2D eigenvalue weighted by molar-refractivity contribution is 0.582. The van der Waals surface area contributed by atoms with E-state index in [2.05, 4.69) is 49.2 Å². The predicted octanol–water partition coefficient (Wildman–Crippen LogP) is 4.50. The van der Waals surface area contributed by atoms with Crippen molar-refractivity contribution in [3.8, 4) is 22.9 Å². The molecule has 0 saturated heterocycles. The lowest BCUT2D eigenvalue weighted by Crippen LogP contribution is -2.10. The second-order valence-corrected chi connectivity index (χ2v) is 6.02. The Hall–Kier alpha value is -2.42. The number of hydrogen-bond donors (Lipinski definition) is 0. The quantitative estimate of drug-likeness (QED) is 0.692. The minimum Gasteiger partial charge on any atom is -0.416 e. The first-order valence-corrected chi connectivity index (χ1v) is 6.95. The predicted molar refractivity (Wildman–Crippen MR) is 82.7 cm³/mol. The molecular weight excluding hydrogens is 260 g/mol. The molecule has 0 aliphatic carbocycles. The van der Waals surface area contributed by atoms with Gasteiger partial charge in [0.15, 0.2) is 0 Å². The minimum absolute atomic E-state index is 0.136. The molecule has 1 aromatic heterocycles. The highest BCUT2D eigenvalue weighted by Crippen LogP contribution is 2.27. The molecule has 3 rings (SSSR count). The average Bonchev–Trinajstić information content (AvgIpc) is 2.97. The first-order valence-electron chi connectivity index (χ1n) is 6.95. The molecule has 1 heterocycles. The van der Waals surface area contributed by atoms with Gasteiger partial charge in [0.1, 0.15) is 0 Å². The Morgan fingerprint density at radius 3 is 2.24 bits per heavy atom. The summed E-state index contributed by atoms with van der Waals surface area (Å²) >= 11 is 0. The highest BCUT2D eigenvalue weighted by Gasteiger charge is 2.15. The first-order chi connectivity index (χ1) is 10.0. The van der Waals surface area contributed by atoms with E-state index in [4.69, 9.17) is 4.42 Å². The standard InChI is InChI=1S/C18H17N2O/c1-18(2,3)15-11-9-14(10-12-15)17-20-19-16(21-17)13-7-5-4-6-8-13/h4-7,9-12H,1-3H3. The van der Waals surface area contributed by atoms with E-state index < -0.39 is 0 Å². The van der Waals surface area contributed by atoms with Gasteiger partial charge in [0.25, 0.3) is 0 Å². The van der Waals surface area contributed by atoms with E-state index in [1.54, 1.807) is 0 Å². The number of aromatic nitrogens is 2. The Morgan fingerprint density at radius 1 is 0.905 bits per heavy atom. The molecule has 0 atom stereocenters. The summed E-state index contributed by atoms with van der Waals surface area (Å²) < 4.78 is 5.73. The zero-order valence-corrected chi connectivity index (χ0v) is 12.4. The molecule has 0 saturated carbocycles. The average molecular weight is 277 g/mol. The molecule has 105 valence electrons. The highest BCUT2D eigenvalue weighted by molar-refractivity contribution is 5.57.